The third-order valence-corrected chi connectivity index (χ3v) is 4.02. The lowest BCUT2D eigenvalue weighted by Gasteiger charge is -2.33. The molecule has 1 amide bonds. The smallest absolute Gasteiger partial charge is 0.410 e. The number of hydrogen-bond acceptors (Lipinski definition) is 2. The summed E-state index contributed by atoms with van der Waals surface area (Å²) in [6.45, 7) is 1.61. The summed E-state index contributed by atoms with van der Waals surface area (Å²) in [7, 11) is 0. The molecule has 0 radical (unpaired) electrons. The number of halogens is 1. The minimum absolute atomic E-state index is 0.253. The number of carbonyl (C=O) groups is 1. The maximum Gasteiger partial charge on any atom is 0.410 e. The van der Waals surface area contributed by atoms with Crippen molar-refractivity contribution in [3.63, 3.8) is 0 Å². The topological polar surface area (TPSA) is 29.5 Å². The third-order valence-electron chi connectivity index (χ3n) is 3.49. The molecular weight excluding hydrogens is 342 g/mol. The maximum absolute atomic E-state index is 11.9. The van der Waals surface area contributed by atoms with Crippen molar-refractivity contribution in [2.75, 3.05) is 13.1 Å². The Hall–Kier alpha value is -2.07. The van der Waals surface area contributed by atoms with Crippen LogP contribution in [0.3, 0.4) is 0 Å². The molecule has 1 aliphatic rings. The molecule has 0 aliphatic carbocycles. The highest BCUT2D eigenvalue weighted by molar-refractivity contribution is 9.10. The average Bonchev–Trinajstić information content (AvgIpc) is 2.51. The molecule has 4 heteroatoms. The molecule has 2 aromatic rings. The van der Waals surface area contributed by atoms with Crippen molar-refractivity contribution in [2.45, 2.75) is 6.61 Å². The van der Waals surface area contributed by atoms with Crippen molar-refractivity contribution in [1.29, 1.82) is 0 Å². The van der Waals surface area contributed by atoms with Crippen LogP contribution in [0.5, 0.6) is 0 Å². The van der Waals surface area contributed by atoms with Crippen LogP contribution in [0.25, 0.3) is 6.08 Å². The monoisotopic (exact) mass is 357 g/mol. The SMILES string of the molecule is O=C(OCc1ccccc1)N1CC(=Cc2ccc(Br)cc2)C1. The Balaban J connectivity index is 1.48. The van der Waals surface area contributed by atoms with Crippen LogP contribution in [0.4, 0.5) is 4.79 Å². The summed E-state index contributed by atoms with van der Waals surface area (Å²) in [6.07, 6.45) is 1.87. The van der Waals surface area contributed by atoms with Crippen molar-refractivity contribution in [2.24, 2.45) is 0 Å². The number of nitrogens with zero attached hydrogens (tertiary/aromatic N) is 1. The van der Waals surface area contributed by atoms with Crippen molar-refractivity contribution in [1.82, 2.24) is 4.90 Å². The first-order valence-electron chi connectivity index (χ1n) is 7.11. The van der Waals surface area contributed by atoms with E-state index in [9.17, 15) is 4.79 Å². The normalized spacial score (nSPS) is 13.5. The first kappa shape index (κ1) is 14.9. The summed E-state index contributed by atoms with van der Waals surface area (Å²) in [6, 6.07) is 17.8. The number of carbonyl (C=O) groups excluding carboxylic acids is 1. The molecule has 0 atom stereocenters. The van der Waals surface area contributed by atoms with E-state index in [0.717, 1.165) is 15.6 Å². The van der Waals surface area contributed by atoms with Crippen LogP contribution >= 0.6 is 15.9 Å². The molecule has 0 bridgehead atoms. The predicted molar refractivity (Wildman–Crippen MR) is 90.3 cm³/mol. The number of likely N-dealkylation sites (tertiary alicyclic amines) is 1. The number of benzene rings is 2. The molecule has 1 aliphatic heterocycles. The summed E-state index contributed by atoms with van der Waals surface area (Å²) >= 11 is 3.42. The van der Waals surface area contributed by atoms with Gasteiger partial charge in [-0.05, 0) is 28.8 Å². The van der Waals surface area contributed by atoms with Crippen LogP contribution in [-0.2, 0) is 11.3 Å². The number of rotatable bonds is 3. The zero-order valence-corrected chi connectivity index (χ0v) is 13.6. The Bertz CT molecular complexity index is 672. The standard InChI is InChI=1S/C18H16BrNO2/c19-17-8-6-14(7-9-17)10-16-11-20(12-16)18(21)22-13-15-4-2-1-3-5-15/h1-10H,11-13H2. The Labute approximate surface area is 138 Å². The van der Waals surface area contributed by atoms with E-state index >= 15 is 0 Å². The first-order chi connectivity index (χ1) is 10.7. The minimum Gasteiger partial charge on any atom is -0.445 e. The molecule has 1 fully saturated rings. The Kier molecular flexibility index (Phi) is 4.59. The van der Waals surface area contributed by atoms with E-state index in [-0.39, 0.29) is 6.09 Å². The number of ether oxygens (including phenoxy) is 1. The maximum atomic E-state index is 11.9. The third kappa shape index (κ3) is 3.77. The van der Waals surface area contributed by atoms with E-state index in [1.165, 1.54) is 5.57 Å². The van der Waals surface area contributed by atoms with Gasteiger partial charge in [0.2, 0.25) is 0 Å². The second-order valence-electron chi connectivity index (χ2n) is 5.25. The Morgan fingerprint density at radius 2 is 1.77 bits per heavy atom. The highest BCUT2D eigenvalue weighted by Gasteiger charge is 2.26. The van der Waals surface area contributed by atoms with Crippen LogP contribution in [0.1, 0.15) is 11.1 Å². The van der Waals surface area contributed by atoms with E-state index in [4.69, 9.17) is 4.74 Å². The molecule has 0 aromatic heterocycles. The van der Waals surface area contributed by atoms with Gasteiger partial charge >= 0.3 is 6.09 Å². The van der Waals surface area contributed by atoms with Crippen LogP contribution in [0.2, 0.25) is 0 Å². The lowest BCUT2D eigenvalue weighted by atomic mass is 10.0. The molecule has 22 heavy (non-hydrogen) atoms. The summed E-state index contributed by atoms with van der Waals surface area (Å²) in [4.78, 5) is 13.6. The van der Waals surface area contributed by atoms with Crippen molar-refractivity contribution in [3.8, 4) is 0 Å². The molecule has 1 heterocycles. The fourth-order valence-corrected chi connectivity index (χ4v) is 2.53. The molecule has 0 N–H and O–H groups in total. The summed E-state index contributed by atoms with van der Waals surface area (Å²) in [5, 5.41) is 0. The highest BCUT2D eigenvalue weighted by Crippen LogP contribution is 2.20. The minimum atomic E-state index is -0.253. The zero-order chi connectivity index (χ0) is 15.4. The average molecular weight is 358 g/mol. The number of hydrogen-bond donors (Lipinski definition) is 0. The molecule has 0 unspecified atom stereocenters. The van der Waals surface area contributed by atoms with E-state index in [0.29, 0.717) is 19.7 Å². The first-order valence-corrected chi connectivity index (χ1v) is 7.91. The van der Waals surface area contributed by atoms with Crippen molar-refractivity contribution < 1.29 is 9.53 Å². The van der Waals surface area contributed by atoms with Gasteiger partial charge in [0.05, 0.1) is 0 Å². The molecule has 3 rings (SSSR count). The van der Waals surface area contributed by atoms with E-state index in [1.54, 1.807) is 4.90 Å². The second kappa shape index (κ2) is 6.79. The van der Waals surface area contributed by atoms with Gasteiger partial charge in [0, 0.05) is 17.6 Å². The van der Waals surface area contributed by atoms with Gasteiger partial charge in [0.15, 0.2) is 0 Å². The van der Waals surface area contributed by atoms with Gasteiger partial charge in [0.1, 0.15) is 6.61 Å². The molecule has 112 valence electrons. The molecular formula is C18H16BrNO2. The quantitative estimate of drug-likeness (QED) is 0.809. The Morgan fingerprint density at radius 1 is 1.09 bits per heavy atom. The lowest BCUT2D eigenvalue weighted by Crippen LogP contribution is -2.44. The fraction of sp³-hybridized carbons (Fsp3) is 0.167. The van der Waals surface area contributed by atoms with Gasteiger partial charge in [-0.25, -0.2) is 4.79 Å². The highest BCUT2D eigenvalue weighted by atomic mass is 79.9. The summed E-state index contributed by atoms with van der Waals surface area (Å²) in [5.41, 5.74) is 3.39. The molecule has 0 saturated carbocycles. The van der Waals surface area contributed by atoms with Gasteiger partial charge in [-0.3, -0.25) is 0 Å². The van der Waals surface area contributed by atoms with Gasteiger partial charge < -0.3 is 9.64 Å². The van der Waals surface area contributed by atoms with Gasteiger partial charge in [-0.2, -0.15) is 0 Å². The van der Waals surface area contributed by atoms with Crippen LogP contribution in [0, 0.1) is 0 Å². The van der Waals surface area contributed by atoms with Crippen LogP contribution < -0.4 is 0 Å². The molecule has 0 spiro atoms. The fourth-order valence-electron chi connectivity index (χ4n) is 2.27. The largest absolute Gasteiger partial charge is 0.445 e. The van der Waals surface area contributed by atoms with E-state index in [1.807, 2.05) is 54.6 Å². The summed E-state index contributed by atoms with van der Waals surface area (Å²) < 4.78 is 6.36. The predicted octanol–water partition coefficient (Wildman–Crippen LogP) is 4.48. The van der Waals surface area contributed by atoms with E-state index < -0.39 is 0 Å². The van der Waals surface area contributed by atoms with Gasteiger partial charge in [0.25, 0.3) is 0 Å². The van der Waals surface area contributed by atoms with Gasteiger partial charge in [-0.15, -0.1) is 0 Å². The number of amides is 1. The molecule has 2 aromatic carbocycles. The molecule has 1 saturated heterocycles. The van der Waals surface area contributed by atoms with Gasteiger partial charge in [-0.1, -0.05) is 64.5 Å². The molecule has 3 nitrogen and oxygen atoms in total. The zero-order valence-electron chi connectivity index (χ0n) is 12.0. The van der Waals surface area contributed by atoms with Crippen molar-refractivity contribution >= 4 is 28.1 Å². The lowest BCUT2D eigenvalue weighted by molar-refractivity contribution is 0.0907. The van der Waals surface area contributed by atoms with E-state index in [2.05, 4.69) is 22.0 Å². The van der Waals surface area contributed by atoms with Crippen molar-refractivity contribution in [3.05, 3.63) is 75.8 Å². The van der Waals surface area contributed by atoms with Crippen LogP contribution in [-0.4, -0.2) is 24.1 Å². The Morgan fingerprint density at radius 3 is 2.45 bits per heavy atom. The second-order valence-corrected chi connectivity index (χ2v) is 6.17. The summed E-state index contributed by atoms with van der Waals surface area (Å²) in [5.74, 6) is 0. The van der Waals surface area contributed by atoms with Crippen LogP contribution in [0.15, 0.2) is 64.6 Å².